The fourth-order valence-electron chi connectivity index (χ4n) is 1.58. The molecule has 0 atom stereocenters. The summed E-state index contributed by atoms with van der Waals surface area (Å²) in [7, 11) is 0. The number of rotatable bonds is 5. The monoisotopic (exact) mass is 369 g/mol. The number of nitrogens with one attached hydrogen (secondary N) is 2. The lowest BCUT2D eigenvalue weighted by Gasteiger charge is -2.09. The molecule has 0 aliphatic rings. The van der Waals surface area contributed by atoms with Gasteiger partial charge in [0, 0.05) is 29.0 Å². The van der Waals surface area contributed by atoms with E-state index in [4.69, 9.17) is 5.11 Å². The molecule has 2 amide bonds. The van der Waals surface area contributed by atoms with Gasteiger partial charge in [0.05, 0.1) is 16.3 Å². The molecule has 1 aromatic heterocycles. The summed E-state index contributed by atoms with van der Waals surface area (Å²) in [6.45, 7) is 0.476. The highest BCUT2D eigenvalue weighted by molar-refractivity contribution is 9.10. The van der Waals surface area contributed by atoms with Crippen LogP contribution in [-0.2, 0) is 6.42 Å². The molecule has 8 heteroatoms. The minimum absolute atomic E-state index is 0.150. The van der Waals surface area contributed by atoms with Crippen LogP contribution < -0.4 is 10.6 Å². The summed E-state index contributed by atoms with van der Waals surface area (Å²) >= 11 is 4.77. The summed E-state index contributed by atoms with van der Waals surface area (Å²) in [5.74, 6) is -1.02. The molecule has 110 valence electrons. The molecule has 0 aliphatic heterocycles. The Morgan fingerprint density at radius 3 is 2.81 bits per heavy atom. The number of anilines is 1. The van der Waals surface area contributed by atoms with Crippen molar-refractivity contribution in [1.82, 2.24) is 10.3 Å². The van der Waals surface area contributed by atoms with E-state index < -0.39 is 5.97 Å². The van der Waals surface area contributed by atoms with E-state index in [1.54, 1.807) is 6.20 Å². The molecule has 0 aliphatic carbocycles. The van der Waals surface area contributed by atoms with Gasteiger partial charge in [-0.05, 0) is 34.1 Å². The van der Waals surface area contributed by atoms with Crippen molar-refractivity contribution in [3.63, 3.8) is 0 Å². The Morgan fingerprint density at radius 1 is 1.38 bits per heavy atom. The molecule has 1 aromatic carbocycles. The lowest BCUT2D eigenvalue weighted by molar-refractivity contribution is 0.0697. The smallest absolute Gasteiger partial charge is 0.335 e. The van der Waals surface area contributed by atoms with Gasteiger partial charge in [-0.15, -0.1) is 11.3 Å². The summed E-state index contributed by atoms with van der Waals surface area (Å²) < 4.78 is 0.512. The number of carboxylic acid groups (broad SMARTS) is 1. The van der Waals surface area contributed by atoms with Crippen LogP contribution in [0.15, 0.2) is 34.2 Å². The molecule has 0 radical (unpaired) electrons. The van der Waals surface area contributed by atoms with Gasteiger partial charge >= 0.3 is 12.0 Å². The predicted molar refractivity (Wildman–Crippen MR) is 83.9 cm³/mol. The normalized spacial score (nSPS) is 10.1. The Bertz CT molecular complexity index is 646. The number of hydrogen-bond acceptors (Lipinski definition) is 4. The third-order valence-electron chi connectivity index (χ3n) is 2.57. The second-order valence-corrected chi connectivity index (χ2v) is 5.89. The zero-order valence-electron chi connectivity index (χ0n) is 10.8. The highest BCUT2D eigenvalue weighted by Crippen LogP contribution is 2.23. The first-order valence-corrected chi connectivity index (χ1v) is 7.69. The van der Waals surface area contributed by atoms with E-state index in [-0.39, 0.29) is 11.6 Å². The molecular formula is C13H12BrN3O3S. The molecule has 1 heterocycles. The molecule has 6 nitrogen and oxygen atoms in total. The summed E-state index contributed by atoms with van der Waals surface area (Å²) in [6, 6.07) is 4.05. The molecule has 0 spiro atoms. The molecular weight excluding hydrogens is 358 g/mol. The number of carboxylic acids is 1. The Labute approximate surface area is 133 Å². The van der Waals surface area contributed by atoms with Crippen molar-refractivity contribution in [2.24, 2.45) is 0 Å². The molecule has 0 saturated heterocycles. The van der Waals surface area contributed by atoms with Crippen molar-refractivity contribution in [3.05, 3.63) is 44.8 Å². The van der Waals surface area contributed by atoms with Crippen LogP contribution in [-0.4, -0.2) is 28.6 Å². The maximum atomic E-state index is 11.7. The van der Waals surface area contributed by atoms with Crippen molar-refractivity contribution in [2.45, 2.75) is 6.42 Å². The predicted octanol–water partition coefficient (Wildman–Crippen LogP) is 2.97. The molecule has 2 aromatic rings. The molecule has 0 bridgehead atoms. The van der Waals surface area contributed by atoms with Crippen molar-refractivity contribution in [2.75, 3.05) is 11.9 Å². The second kappa shape index (κ2) is 7.19. The topological polar surface area (TPSA) is 91.3 Å². The first-order valence-electron chi connectivity index (χ1n) is 6.02. The first kappa shape index (κ1) is 15.5. The van der Waals surface area contributed by atoms with E-state index in [2.05, 4.69) is 31.5 Å². The average Bonchev–Trinajstić information content (AvgIpc) is 2.94. The fraction of sp³-hybridized carbons (Fsp3) is 0.154. The quantitative estimate of drug-likeness (QED) is 0.755. The van der Waals surface area contributed by atoms with E-state index >= 15 is 0 Å². The highest BCUT2D eigenvalue weighted by atomic mass is 79.9. The van der Waals surface area contributed by atoms with Gasteiger partial charge in [-0.3, -0.25) is 0 Å². The lowest BCUT2D eigenvalue weighted by atomic mass is 10.2. The van der Waals surface area contributed by atoms with Gasteiger partial charge in [0.1, 0.15) is 0 Å². The SMILES string of the molecule is O=C(NCCc1nccs1)Nc1ccc(C(=O)O)cc1Br. The number of hydrogen-bond donors (Lipinski definition) is 3. The number of halogens is 1. The number of carbonyl (C=O) groups excluding carboxylic acids is 1. The van der Waals surface area contributed by atoms with Crippen LogP contribution in [0.2, 0.25) is 0 Å². The summed E-state index contributed by atoms with van der Waals surface area (Å²) in [5.41, 5.74) is 0.656. The van der Waals surface area contributed by atoms with Gasteiger partial charge in [0.25, 0.3) is 0 Å². The van der Waals surface area contributed by atoms with Gasteiger partial charge in [0.2, 0.25) is 0 Å². The van der Waals surface area contributed by atoms with Gasteiger partial charge in [0.15, 0.2) is 0 Å². The van der Waals surface area contributed by atoms with E-state index in [0.29, 0.717) is 23.1 Å². The largest absolute Gasteiger partial charge is 0.478 e. The standard InChI is InChI=1S/C13H12BrN3O3S/c14-9-7-8(12(18)19)1-2-10(9)17-13(20)16-4-3-11-15-5-6-21-11/h1-2,5-7H,3-4H2,(H,18,19)(H2,16,17,20). The minimum Gasteiger partial charge on any atom is -0.478 e. The fourth-order valence-corrected chi connectivity index (χ4v) is 2.67. The van der Waals surface area contributed by atoms with E-state index in [1.165, 1.54) is 29.5 Å². The number of amides is 2. The third kappa shape index (κ3) is 4.54. The molecule has 0 saturated carbocycles. The summed E-state index contributed by atoms with van der Waals surface area (Å²) in [4.78, 5) is 26.7. The Balaban J connectivity index is 1.86. The van der Waals surface area contributed by atoms with Gasteiger partial charge in [-0.1, -0.05) is 0 Å². The van der Waals surface area contributed by atoms with Crippen LogP contribution in [0, 0.1) is 0 Å². The van der Waals surface area contributed by atoms with E-state index in [0.717, 1.165) is 5.01 Å². The van der Waals surface area contributed by atoms with Crippen LogP contribution in [0.3, 0.4) is 0 Å². The van der Waals surface area contributed by atoms with Crippen LogP contribution in [0.25, 0.3) is 0 Å². The van der Waals surface area contributed by atoms with Crippen LogP contribution >= 0.6 is 27.3 Å². The summed E-state index contributed by atoms with van der Waals surface area (Å²) in [6.07, 6.45) is 2.39. The summed E-state index contributed by atoms with van der Waals surface area (Å²) in [5, 5.41) is 17.1. The molecule has 3 N–H and O–H groups in total. The number of benzene rings is 1. The van der Waals surface area contributed by atoms with Crippen molar-refractivity contribution < 1.29 is 14.7 Å². The van der Waals surface area contributed by atoms with Crippen molar-refractivity contribution >= 4 is 45.0 Å². The maximum absolute atomic E-state index is 11.7. The van der Waals surface area contributed by atoms with Crippen molar-refractivity contribution in [1.29, 1.82) is 0 Å². The molecule has 0 unspecified atom stereocenters. The number of aromatic carboxylic acids is 1. The number of urea groups is 1. The number of carbonyl (C=O) groups is 2. The van der Waals surface area contributed by atoms with Crippen LogP contribution in [0.4, 0.5) is 10.5 Å². The van der Waals surface area contributed by atoms with Gasteiger partial charge in [-0.2, -0.15) is 0 Å². The number of nitrogens with zero attached hydrogens (tertiary/aromatic N) is 1. The van der Waals surface area contributed by atoms with Crippen LogP contribution in [0.1, 0.15) is 15.4 Å². The molecule has 0 fully saturated rings. The highest BCUT2D eigenvalue weighted by Gasteiger charge is 2.09. The van der Waals surface area contributed by atoms with Crippen molar-refractivity contribution in [3.8, 4) is 0 Å². The number of aromatic nitrogens is 1. The van der Waals surface area contributed by atoms with E-state index in [1.807, 2.05) is 5.38 Å². The molecule has 2 rings (SSSR count). The Kier molecular flexibility index (Phi) is 5.29. The Morgan fingerprint density at radius 2 is 2.19 bits per heavy atom. The molecule has 21 heavy (non-hydrogen) atoms. The average molecular weight is 370 g/mol. The van der Waals surface area contributed by atoms with Gasteiger partial charge in [-0.25, -0.2) is 14.6 Å². The third-order valence-corrected chi connectivity index (χ3v) is 4.07. The first-order chi connectivity index (χ1) is 10.1. The lowest BCUT2D eigenvalue weighted by Crippen LogP contribution is -2.30. The van der Waals surface area contributed by atoms with Crippen LogP contribution in [0.5, 0.6) is 0 Å². The minimum atomic E-state index is -1.02. The zero-order valence-corrected chi connectivity index (χ0v) is 13.2. The maximum Gasteiger partial charge on any atom is 0.335 e. The Hall–Kier alpha value is -1.93. The zero-order chi connectivity index (χ0) is 15.2. The second-order valence-electron chi connectivity index (χ2n) is 4.06. The van der Waals surface area contributed by atoms with Gasteiger partial charge < -0.3 is 15.7 Å². The van der Waals surface area contributed by atoms with E-state index in [9.17, 15) is 9.59 Å². The number of thiazole rings is 1.